The lowest BCUT2D eigenvalue weighted by molar-refractivity contribution is 0.109. The molecule has 0 amide bonds. The van der Waals surface area contributed by atoms with E-state index in [0.29, 0.717) is 11.1 Å². The van der Waals surface area contributed by atoms with Crippen LogP contribution in [-0.2, 0) is 0 Å². The lowest BCUT2D eigenvalue weighted by Crippen LogP contribution is -1.93. The number of hydrogen-bond acceptors (Lipinski definition) is 2. The van der Waals surface area contributed by atoms with Crippen LogP contribution in [0.5, 0.6) is 0 Å². The van der Waals surface area contributed by atoms with Crippen LogP contribution >= 0.6 is 25.3 Å². The fraction of sp³-hybridized carbons (Fsp3) is 0. The molecule has 0 unspecified atom stereocenters. The zero-order valence-corrected chi connectivity index (χ0v) is 7.81. The Kier molecular flexibility index (Phi) is 2.94. The first-order valence-electron chi connectivity index (χ1n) is 3.18. The Hall–Kier alpha value is -0.740. The summed E-state index contributed by atoms with van der Waals surface area (Å²) in [6.07, 6.45) is 0. The zero-order valence-electron chi connectivity index (χ0n) is 6.02. The van der Waals surface area contributed by atoms with Crippen LogP contribution < -0.4 is 0 Å². The van der Waals surface area contributed by atoms with Gasteiger partial charge in [0.15, 0.2) is 0 Å². The van der Waals surface area contributed by atoms with E-state index in [1.807, 2.05) is 0 Å². The van der Waals surface area contributed by atoms with Crippen molar-refractivity contribution in [1.29, 1.82) is 0 Å². The van der Waals surface area contributed by atoms with Crippen molar-refractivity contribution in [3.8, 4) is 0 Å². The third-order valence-electron chi connectivity index (χ3n) is 1.36. The minimum absolute atomic E-state index is 0.355. The van der Waals surface area contributed by atoms with E-state index in [2.05, 4.69) is 25.3 Å². The third kappa shape index (κ3) is 2.12. The fourth-order valence-electron chi connectivity index (χ4n) is 0.785. The van der Waals surface area contributed by atoms with Crippen molar-refractivity contribution < 1.29 is 9.59 Å². The molecule has 1 rings (SSSR count). The van der Waals surface area contributed by atoms with E-state index in [-0.39, 0.29) is 10.2 Å². The molecule has 0 fully saturated rings. The Labute approximate surface area is 80.8 Å². The first-order chi connectivity index (χ1) is 5.61. The third-order valence-corrected chi connectivity index (χ3v) is 1.87. The highest BCUT2D eigenvalue weighted by Crippen LogP contribution is 2.09. The molecule has 0 saturated carbocycles. The number of benzene rings is 1. The van der Waals surface area contributed by atoms with Crippen molar-refractivity contribution in [1.82, 2.24) is 0 Å². The molecule has 0 radical (unpaired) electrons. The monoisotopic (exact) mass is 198 g/mol. The second-order valence-corrected chi connectivity index (χ2v) is 3.00. The van der Waals surface area contributed by atoms with Crippen LogP contribution in [0.25, 0.3) is 0 Å². The Morgan fingerprint density at radius 3 is 1.75 bits per heavy atom. The minimum Gasteiger partial charge on any atom is -0.282 e. The summed E-state index contributed by atoms with van der Waals surface area (Å²) < 4.78 is 0. The van der Waals surface area contributed by atoms with E-state index in [1.54, 1.807) is 18.2 Å². The summed E-state index contributed by atoms with van der Waals surface area (Å²) >= 11 is 7.26. The molecule has 0 heterocycles. The minimum atomic E-state index is -0.355. The van der Waals surface area contributed by atoms with E-state index in [1.165, 1.54) is 6.07 Å². The summed E-state index contributed by atoms with van der Waals surface area (Å²) in [7, 11) is 0. The van der Waals surface area contributed by atoms with Crippen LogP contribution in [0.1, 0.15) is 20.7 Å². The van der Waals surface area contributed by atoms with Gasteiger partial charge in [0.05, 0.1) is 0 Å². The normalized spacial score (nSPS) is 9.50. The fourth-order valence-corrected chi connectivity index (χ4v) is 1.06. The summed E-state index contributed by atoms with van der Waals surface area (Å²) in [6.45, 7) is 0. The quantitative estimate of drug-likeness (QED) is 0.711. The summed E-state index contributed by atoms with van der Waals surface area (Å²) in [5, 5.41) is -0.710. The van der Waals surface area contributed by atoms with Gasteiger partial charge in [0.25, 0.3) is 0 Å². The van der Waals surface area contributed by atoms with Gasteiger partial charge in [0, 0.05) is 11.1 Å². The summed E-state index contributed by atoms with van der Waals surface area (Å²) in [5.41, 5.74) is 0.802. The van der Waals surface area contributed by atoms with Crippen LogP contribution in [0.4, 0.5) is 0 Å². The Bertz CT molecular complexity index is 304. The maximum atomic E-state index is 10.7. The van der Waals surface area contributed by atoms with Gasteiger partial charge < -0.3 is 0 Å². The number of rotatable bonds is 2. The lowest BCUT2D eigenvalue weighted by atomic mass is 10.1. The predicted molar refractivity (Wildman–Crippen MR) is 53.1 cm³/mol. The SMILES string of the molecule is O=C(S)c1cccc(C(=O)S)c1. The molecular formula is C8H6O2S2. The van der Waals surface area contributed by atoms with Gasteiger partial charge in [0.2, 0.25) is 10.2 Å². The average molecular weight is 198 g/mol. The highest BCUT2D eigenvalue weighted by Gasteiger charge is 2.03. The number of carbonyl (C=O) groups is 2. The molecule has 0 aromatic heterocycles. The predicted octanol–water partition coefficient (Wildman–Crippen LogP) is 1.83. The van der Waals surface area contributed by atoms with E-state index in [0.717, 1.165) is 0 Å². The standard InChI is InChI=1S/C8H6O2S2/c9-7(11)5-2-1-3-6(4-5)8(10)12/h1-4H,(H,9,11)(H,10,12). The van der Waals surface area contributed by atoms with Gasteiger partial charge in [-0.3, -0.25) is 9.59 Å². The molecular weight excluding hydrogens is 192 g/mol. The molecule has 62 valence electrons. The number of carbonyl (C=O) groups excluding carboxylic acids is 2. The first kappa shape index (κ1) is 9.35. The molecule has 0 bridgehead atoms. The maximum Gasteiger partial charge on any atom is 0.216 e. The second kappa shape index (κ2) is 3.78. The average Bonchev–Trinajstić information content (AvgIpc) is 2.04. The van der Waals surface area contributed by atoms with Gasteiger partial charge >= 0.3 is 0 Å². The van der Waals surface area contributed by atoms with E-state index in [4.69, 9.17) is 0 Å². The van der Waals surface area contributed by atoms with Crippen molar-refractivity contribution in [2.45, 2.75) is 0 Å². The molecule has 2 nitrogen and oxygen atoms in total. The van der Waals surface area contributed by atoms with Gasteiger partial charge in [-0.2, -0.15) is 0 Å². The molecule has 0 N–H and O–H groups in total. The zero-order chi connectivity index (χ0) is 9.14. The number of hydrogen-bond donors (Lipinski definition) is 2. The number of thiol groups is 2. The van der Waals surface area contributed by atoms with Crippen molar-refractivity contribution in [2.75, 3.05) is 0 Å². The van der Waals surface area contributed by atoms with Crippen LogP contribution in [0.2, 0.25) is 0 Å². The molecule has 0 aliphatic heterocycles. The van der Waals surface area contributed by atoms with Crippen molar-refractivity contribution in [3.63, 3.8) is 0 Å². The van der Waals surface area contributed by atoms with E-state index in [9.17, 15) is 9.59 Å². The Morgan fingerprint density at radius 2 is 1.42 bits per heavy atom. The smallest absolute Gasteiger partial charge is 0.216 e. The summed E-state index contributed by atoms with van der Waals surface area (Å²) in [6, 6.07) is 6.27. The Morgan fingerprint density at radius 1 is 1.00 bits per heavy atom. The first-order valence-corrected chi connectivity index (χ1v) is 4.07. The Balaban J connectivity index is 3.12. The molecule has 0 aliphatic rings. The van der Waals surface area contributed by atoms with Crippen LogP contribution in [0.3, 0.4) is 0 Å². The summed E-state index contributed by atoms with van der Waals surface area (Å²) in [5.74, 6) is 0. The largest absolute Gasteiger partial charge is 0.282 e. The van der Waals surface area contributed by atoms with Crippen molar-refractivity contribution in [3.05, 3.63) is 35.4 Å². The molecule has 1 aromatic carbocycles. The molecule has 12 heavy (non-hydrogen) atoms. The van der Waals surface area contributed by atoms with E-state index < -0.39 is 0 Å². The maximum absolute atomic E-state index is 10.7. The van der Waals surface area contributed by atoms with Crippen molar-refractivity contribution >= 4 is 35.5 Å². The van der Waals surface area contributed by atoms with Gasteiger partial charge in [-0.1, -0.05) is 18.2 Å². The second-order valence-electron chi connectivity index (χ2n) is 2.19. The van der Waals surface area contributed by atoms with Gasteiger partial charge in [-0.25, -0.2) is 0 Å². The lowest BCUT2D eigenvalue weighted by Gasteiger charge is -1.96. The topological polar surface area (TPSA) is 34.1 Å². The van der Waals surface area contributed by atoms with Crippen molar-refractivity contribution in [2.24, 2.45) is 0 Å². The van der Waals surface area contributed by atoms with Crippen LogP contribution in [0, 0.1) is 0 Å². The highest BCUT2D eigenvalue weighted by atomic mass is 32.1. The van der Waals surface area contributed by atoms with Crippen LogP contribution in [0.15, 0.2) is 24.3 Å². The molecule has 0 saturated heterocycles. The molecule has 0 atom stereocenters. The highest BCUT2D eigenvalue weighted by molar-refractivity contribution is 7.97. The van der Waals surface area contributed by atoms with Gasteiger partial charge in [-0.05, 0) is 6.07 Å². The molecule has 0 spiro atoms. The van der Waals surface area contributed by atoms with Gasteiger partial charge in [0.1, 0.15) is 0 Å². The van der Waals surface area contributed by atoms with E-state index >= 15 is 0 Å². The van der Waals surface area contributed by atoms with Crippen LogP contribution in [-0.4, -0.2) is 10.2 Å². The molecule has 1 aromatic rings. The molecule has 4 heteroatoms. The van der Waals surface area contributed by atoms with Gasteiger partial charge in [-0.15, -0.1) is 25.3 Å². The summed E-state index contributed by atoms with van der Waals surface area (Å²) in [4.78, 5) is 21.5. The molecule has 0 aliphatic carbocycles.